The van der Waals surface area contributed by atoms with Gasteiger partial charge in [0.25, 0.3) is 0 Å². The molecular weight excluding hydrogens is 308 g/mol. The Morgan fingerprint density at radius 2 is 2.35 bits per heavy atom. The molecule has 23 heavy (non-hydrogen) atoms. The molecule has 1 heterocycles. The first-order valence-corrected chi connectivity index (χ1v) is 8.57. The van der Waals surface area contributed by atoms with Crippen molar-refractivity contribution < 1.29 is 9.53 Å². The van der Waals surface area contributed by atoms with Gasteiger partial charge in [-0.3, -0.25) is 10.1 Å². The summed E-state index contributed by atoms with van der Waals surface area (Å²) in [6.45, 7) is 2.26. The van der Waals surface area contributed by atoms with Gasteiger partial charge < -0.3 is 4.74 Å². The van der Waals surface area contributed by atoms with E-state index in [1.807, 2.05) is 24.3 Å². The topological polar surface area (TPSA) is 51.2 Å². The number of amides is 1. The van der Waals surface area contributed by atoms with E-state index in [4.69, 9.17) is 4.74 Å². The van der Waals surface area contributed by atoms with Crippen LogP contribution in [0.4, 0.5) is 5.13 Å². The fraction of sp³-hybridized carbons (Fsp3) is 0.333. The number of benzene rings is 1. The molecule has 4 nitrogen and oxygen atoms in total. The summed E-state index contributed by atoms with van der Waals surface area (Å²) < 4.78 is 5.17. The highest BCUT2D eigenvalue weighted by atomic mass is 32.1. The van der Waals surface area contributed by atoms with Crippen molar-refractivity contribution in [3.8, 4) is 5.75 Å². The van der Waals surface area contributed by atoms with Crippen LogP contribution in [-0.4, -0.2) is 18.0 Å². The minimum Gasteiger partial charge on any atom is -0.497 e. The highest BCUT2D eigenvalue weighted by Gasteiger charge is 2.20. The number of nitrogens with one attached hydrogen (secondary N) is 1. The van der Waals surface area contributed by atoms with E-state index < -0.39 is 0 Å². The maximum absolute atomic E-state index is 12.1. The number of aromatic nitrogens is 1. The van der Waals surface area contributed by atoms with Crippen molar-refractivity contribution in [1.82, 2.24) is 4.98 Å². The van der Waals surface area contributed by atoms with Gasteiger partial charge in [-0.2, -0.15) is 0 Å². The minimum absolute atomic E-state index is 0.160. The normalized spacial score (nSPS) is 17.0. The molecule has 1 atom stereocenters. The zero-order valence-electron chi connectivity index (χ0n) is 13.3. The lowest BCUT2D eigenvalue weighted by atomic mass is 9.93. The zero-order valence-corrected chi connectivity index (χ0v) is 14.2. The summed E-state index contributed by atoms with van der Waals surface area (Å²) >= 11 is 1.60. The molecule has 1 aromatic carbocycles. The molecule has 0 radical (unpaired) electrons. The molecule has 0 aliphatic heterocycles. The number of rotatable bonds is 4. The number of anilines is 1. The molecule has 0 bridgehead atoms. The van der Waals surface area contributed by atoms with Gasteiger partial charge in [0, 0.05) is 11.0 Å². The van der Waals surface area contributed by atoms with Crippen LogP contribution in [0.5, 0.6) is 5.75 Å². The number of thiazole rings is 1. The molecule has 1 N–H and O–H groups in total. The minimum atomic E-state index is -0.160. The summed E-state index contributed by atoms with van der Waals surface area (Å²) in [6.07, 6.45) is 6.57. The summed E-state index contributed by atoms with van der Waals surface area (Å²) in [5.41, 5.74) is 2.08. The second-order valence-electron chi connectivity index (χ2n) is 5.84. The second kappa shape index (κ2) is 6.96. The fourth-order valence-electron chi connectivity index (χ4n) is 2.66. The lowest BCUT2D eigenvalue weighted by molar-refractivity contribution is -0.111. The number of ether oxygens (including phenoxy) is 1. The standard InChI is InChI=1S/C18H20N2O2S/c1-12-6-8-15-16(10-12)23-18(19-15)20-17(21)9-7-13-4-3-5-14(11-13)22-2/h3-5,7,9,11-12H,6,8,10H2,1-2H3,(H,19,20,21)/b9-7+/t12-/m0/s1. The number of nitrogens with zero attached hydrogens (tertiary/aromatic N) is 1. The van der Waals surface area contributed by atoms with E-state index in [9.17, 15) is 4.79 Å². The van der Waals surface area contributed by atoms with Crippen molar-refractivity contribution in [2.24, 2.45) is 5.92 Å². The van der Waals surface area contributed by atoms with Crippen molar-refractivity contribution >= 4 is 28.5 Å². The number of methoxy groups -OCH3 is 1. The van der Waals surface area contributed by atoms with Crippen LogP contribution in [0.2, 0.25) is 0 Å². The lowest BCUT2D eigenvalue weighted by Crippen LogP contribution is -2.09. The third kappa shape index (κ3) is 3.99. The number of carbonyl (C=O) groups is 1. The van der Waals surface area contributed by atoms with Crippen LogP contribution in [0.3, 0.4) is 0 Å². The van der Waals surface area contributed by atoms with Crippen LogP contribution in [-0.2, 0) is 17.6 Å². The average molecular weight is 328 g/mol. The molecular formula is C18H20N2O2S. The Kier molecular flexibility index (Phi) is 4.76. The molecule has 1 aliphatic carbocycles. The van der Waals surface area contributed by atoms with Crippen molar-refractivity contribution in [1.29, 1.82) is 0 Å². The third-order valence-electron chi connectivity index (χ3n) is 3.94. The maximum atomic E-state index is 12.1. The van der Waals surface area contributed by atoms with Crippen molar-refractivity contribution in [2.45, 2.75) is 26.2 Å². The highest BCUT2D eigenvalue weighted by molar-refractivity contribution is 7.15. The van der Waals surface area contributed by atoms with Gasteiger partial charge in [-0.25, -0.2) is 4.98 Å². The molecule has 0 spiro atoms. The second-order valence-corrected chi connectivity index (χ2v) is 6.92. The van der Waals surface area contributed by atoms with Gasteiger partial charge in [-0.15, -0.1) is 11.3 Å². The summed E-state index contributed by atoms with van der Waals surface area (Å²) in [5.74, 6) is 1.32. The molecule has 0 fully saturated rings. The number of carbonyl (C=O) groups excluding carboxylic acids is 1. The van der Waals surface area contributed by atoms with Gasteiger partial charge in [-0.1, -0.05) is 19.1 Å². The SMILES string of the molecule is COc1cccc(/C=C/C(=O)Nc2nc3c(s2)C[C@@H](C)CC3)c1. The molecule has 0 unspecified atom stereocenters. The summed E-state index contributed by atoms with van der Waals surface area (Å²) in [4.78, 5) is 17.9. The Balaban J connectivity index is 1.64. The van der Waals surface area contributed by atoms with Gasteiger partial charge in [0.2, 0.25) is 5.91 Å². The maximum Gasteiger partial charge on any atom is 0.250 e. The number of fused-ring (bicyclic) bond motifs is 1. The van der Waals surface area contributed by atoms with Gasteiger partial charge in [0.15, 0.2) is 5.13 Å². The highest BCUT2D eigenvalue weighted by Crippen LogP contribution is 2.32. The predicted octanol–water partition coefficient (Wildman–Crippen LogP) is 3.93. The van der Waals surface area contributed by atoms with E-state index in [2.05, 4.69) is 17.2 Å². The van der Waals surface area contributed by atoms with E-state index in [0.29, 0.717) is 11.0 Å². The predicted molar refractivity (Wildman–Crippen MR) is 94.0 cm³/mol. The Hall–Kier alpha value is -2.14. The first-order chi connectivity index (χ1) is 11.1. The van der Waals surface area contributed by atoms with Crippen LogP contribution < -0.4 is 10.1 Å². The van der Waals surface area contributed by atoms with E-state index in [0.717, 1.165) is 29.8 Å². The molecule has 1 aliphatic rings. The largest absolute Gasteiger partial charge is 0.497 e. The van der Waals surface area contributed by atoms with Gasteiger partial charge in [0.05, 0.1) is 12.8 Å². The van der Waals surface area contributed by atoms with Gasteiger partial charge in [-0.05, 0) is 49.0 Å². The molecule has 0 saturated heterocycles. The van der Waals surface area contributed by atoms with Crippen molar-refractivity contribution in [3.05, 3.63) is 46.5 Å². The molecule has 3 rings (SSSR count). The summed E-state index contributed by atoms with van der Waals surface area (Å²) in [5, 5.41) is 3.56. The first-order valence-electron chi connectivity index (χ1n) is 7.75. The van der Waals surface area contributed by atoms with Crippen molar-refractivity contribution in [2.75, 3.05) is 12.4 Å². The van der Waals surface area contributed by atoms with Crippen LogP contribution in [0.15, 0.2) is 30.3 Å². The number of hydrogen-bond donors (Lipinski definition) is 1. The van der Waals surface area contributed by atoms with Crippen molar-refractivity contribution in [3.63, 3.8) is 0 Å². The zero-order chi connectivity index (χ0) is 16.2. The van der Waals surface area contributed by atoms with Gasteiger partial charge in [0.1, 0.15) is 5.75 Å². The first kappa shape index (κ1) is 15.7. The van der Waals surface area contributed by atoms with Gasteiger partial charge >= 0.3 is 0 Å². The Bertz CT molecular complexity index is 736. The molecule has 1 aromatic heterocycles. The summed E-state index contributed by atoms with van der Waals surface area (Å²) in [6, 6.07) is 7.58. The molecule has 2 aromatic rings. The van der Waals surface area contributed by atoms with Crippen LogP contribution in [0.1, 0.15) is 29.5 Å². The number of hydrogen-bond acceptors (Lipinski definition) is 4. The van der Waals surface area contributed by atoms with E-state index in [-0.39, 0.29) is 5.91 Å². The quantitative estimate of drug-likeness (QED) is 0.865. The van der Waals surface area contributed by atoms with Crippen LogP contribution in [0, 0.1) is 5.92 Å². The van der Waals surface area contributed by atoms with Crippen LogP contribution in [0.25, 0.3) is 6.08 Å². The third-order valence-corrected chi connectivity index (χ3v) is 4.97. The lowest BCUT2D eigenvalue weighted by Gasteiger charge is -2.15. The molecule has 1 amide bonds. The fourth-order valence-corrected chi connectivity index (χ4v) is 3.83. The molecule has 0 saturated carbocycles. The molecule has 120 valence electrons. The Morgan fingerprint density at radius 3 is 3.17 bits per heavy atom. The molecule has 5 heteroatoms. The van der Waals surface area contributed by atoms with Crippen LogP contribution >= 0.6 is 11.3 Å². The Labute approximate surface area is 140 Å². The number of aryl methyl sites for hydroxylation is 1. The summed E-state index contributed by atoms with van der Waals surface area (Å²) in [7, 11) is 1.63. The average Bonchev–Trinajstić information content (AvgIpc) is 2.94. The van der Waals surface area contributed by atoms with E-state index in [1.165, 1.54) is 17.4 Å². The van der Waals surface area contributed by atoms with E-state index in [1.54, 1.807) is 24.5 Å². The monoisotopic (exact) mass is 328 g/mol. The Morgan fingerprint density at radius 1 is 1.48 bits per heavy atom. The smallest absolute Gasteiger partial charge is 0.250 e. The van der Waals surface area contributed by atoms with E-state index >= 15 is 0 Å².